The standard InChI is InChI=1S/C26H24N6O2/c1-15-21(16(2)32(31-15)13-5-6-17-9-11-18(14-27)12-10-17)23-22(25(28)33)19-7-3-4-8-20(19)30-24(23)26(29)34/h3-4,7-12H,5-6,13H2,1-2H3,(H2,28,33)(H2,29,34). The normalized spacial score (nSPS) is 10.9. The molecule has 4 rings (SSSR count). The van der Waals surface area contributed by atoms with Gasteiger partial charge in [-0.3, -0.25) is 14.3 Å². The molecule has 0 radical (unpaired) electrons. The van der Waals surface area contributed by atoms with E-state index in [0.29, 0.717) is 39.8 Å². The van der Waals surface area contributed by atoms with Gasteiger partial charge in [-0.25, -0.2) is 4.98 Å². The zero-order valence-corrected chi connectivity index (χ0v) is 19.0. The highest BCUT2D eigenvalue weighted by Gasteiger charge is 2.27. The number of carbonyl (C=O) groups is 2. The molecule has 0 bridgehead atoms. The number of nitriles is 1. The molecule has 2 aromatic carbocycles. The Morgan fingerprint density at radius 3 is 2.35 bits per heavy atom. The van der Waals surface area contributed by atoms with Gasteiger partial charge in [0.25, 0.3) is 5.91 Å². The minimum Gasteiger partial charge on any atom is -0.366 e. The molecule has 0 saturated carbocycles. The van der Waals surface area contributed by atoms with Crippen molar-refractivity contribution in [1.29, 1.82) is 5.26 Å². The fourth-order valence-electron chi connectivity index (χ4n) is 4.34. The molecule has 2 amide bonds. The third-order valence-corrected chi connectivity index (χ3v) is 5.92. The highest BCUT2D eigenvalue weighted by Crippen LogP contribution is 2.36. The van der Waals surface area contributed by atoms with Gasteiger partial charge in [-0.15, -0.1) is 0 Å². The number of carbonyl (C=O) groups excluding carboxylic acids is 2. The number of primary amides is 2. The molecular formula is C26H24N6O2. The van der Waals surface area contributed by atoms with Crippen LogP contribution in [0.25, 0.3) is 22.0 Å². The van der Waals surface area contributed by atoms with Crippen LogP contribution in [0.4, 0.5) is 0 Å². The lowest BCUT2D eigenvalue weighted by molar-refractivity contribution is 0.0996. The van der Waals surface area contributed by atoms with Gasteiger partial charge in [-0.1, -0.05) is 30.3 Å². The number of rotatable bonds is 7. The van der Waals surface area contributed by atoms with Crippen LogP contribution in [0.15, 0.2) is 48.5 Å². The minimum atomic E-state index is -0.740. The second-order valence-corrected chi connectivity index (χ2v) is 8.14. The maximum absolute atomic E-state index is 12.6. The Labute approximate surface area is 196 Å². The molecule has 0 fully saturated rings. The first-order chi connectivity index (χ1) is 16.3. The number of aryl methyl sites for hydroxylation is 3. The number of hydrogen-bond acceptors (Lipinski definition) is 5. The molecule has 2 aromatic heterocycles. The average molecular weight is 453 g/mol. The minimum absolute atomic E-state index is 0.00386. The van der Waals surface area contributed by atoms with E-state index in [1.54, 1.807) is 36.4 Å². The maximum atomic E-state index is 12.6. The number of nitrogens with zero attached hydrogens (tertiary/aromatic N) is 4. The lowest BCUT2D eigenvalue weighted by atomic mass is 9.92. The SMILES string of the molecule is Cc1nn(CCCc2ccc(C#N)cc2)c(C)c1-c1c(C(N)=O)nc2ccccc2c1C(N)=O. The fourth-order valence-corrected chi connectivity index (χ4v) is 4.34. The molecule has 0 saturated heterocycles. The number of nitrogens with two attached hydrogens (primary N) is 2. The van der Waals surface area contributed by atoms with Crippen LogP contribution in [0, 0.1) is 25.2 Å². The maximum Gasteiger partial charge on any atom is 0.267 e. The highest BCUT2D eigenvalue weighted by molar-refractivity contribution is 6.15. The summed E-state index contributed by atoms with van der Waals surface area (Å²) in [5.41, 5.74) is 16.3. The Morgan fingerprint density at radius 2 is 1.71 bits per heavy atom. The molecule has 0 spiro atoms. The van der Waals surface area contributed by atoms with Gasteiger partial charge in [0, 0.05) is 28.8 Å². The van der Waals surface area contributed by atoms with Crippen molar-refractivity contribution in [2.24, 2.45) is 11.5 Å². The molecule has 4 N–H and O–H groups in total. The van der Waals surface area contributed by atoms with Crippen molar-refractivity contribution in [3.8, 4) is 17.2 Å². The molecule has 0 atom stereocenters. The van der Waals surface area contributed by atoms with Gasteiger partial charge in [0.15, 0.2) is 0 Å². The van der Waals surface area contributed by atoms with Gasteiger partial charge in [-0.2, -0.15) is 10.4 Å². The van der Waals surface area contributed by atoms with Crippen molar-refractivity contribution < 1.29 is 9.59 Å². The second-order valence-electron chi connectivity index (χ2n) is 8.14. The molecule has 0 aliphatic carbocycles. The summed E-state index contributed by atoms with van der Waals surface area (Å²) in [7, 11) is 0. The van der Waals surface area contributed by atoms with Crippen molar-refractivity contribution in [3.63, 3.8) is 0 Å². The first-order valence-electron chi connectivity index (χ1n) is 10.9. The Hall–Kier alpha value is -4.51. The third kappa shape index (κ3) is 4.11. The topological polar surface area (TPSA) is 141 Å². The summed E-state index contributed by atoms with van der Waals surface area (Å²) in [4.78, 5) is 29.4. The Balaban J connectivity index is 1.75. The number of fused-ring (bicyclic) bond motifs is 1. The van der Waals surface area contributed by atoms with E-state index >= 15 is 0 Å². The van der Waals surface area contributed by atoms with E-state index in [2.05, 4.69) is 16.2 Å². The number of pyridine rings is 1. The van der Waals surface area contributed by atoms with Crippen LogP contribution < -0.4 is 11.5 Å². The molecule has 170 valence electrons. The largest absolute Gasteiger partial charge is 0.366 e. The number of para-hydroxylation sites is 1. The van der Waals surface area contributed by atoms with Gasteiger partial charge < -0.3 is 11.5 Å². The smallest absolute Gasteiger partial charge is 0.267 e. The van der Waals surface area contributed by atoms with E-state index in [-0.39, 0.29) is 11.3 Å². The molecule has 0 aliphatic heterocycles. The van der Waals surface area contributed by atoms with Gasteiger partial charge in [0.1, 0.15) is 5.69 Å². The molecule has 8 heteroatoms. The summed E-state index contributed by atoms with van der Waals surface area (Å²) in [6, 6.07) is 16.7. The quantitative estimate of drug-likeness (QED) is 0.442. The van der Waals surface area contributed by atoms with Crippen LogP contribution in [0.2, 0.25) is 0 Å². The summed E-state index contributed by atoms with van der Waals surface area (Å²) in [5, 5.41) is 14.2. The molecule has 34 heavy (non-hydrogen) atoms. The molecule has 4 aromatic rings. The predicted octanol–water partition coefficient (Wildman–Crippen LogP) is 3.42. The summed E-state index contributed by atoms with van der Waals surface area (Å²) in [5.74, 6) is -1.40. The molecule has 2 heterocycles. The van der Waals surface area contributed by atoms with Crippen LogP contribution >= 0.6 is 0 Å². The summed E-state index contributed by atoms with van der Waals surface area (Å²) < 4.78 is 1.86. The summed E-state index contributed by atoms with van der Waals surface area (Å²) in [6.07, 6.45) is 1.63. The molecule has 0 unspecified atom stereocenters. The van der Waals surface area contributed by atoms with E-state index in [1.807, 2.05) is 30.7 Å². The van der Waals surface area contributed by atoms with Crippen LogP contribution in [0.1, 0.15) is 49.8 Å². The first kappa shape index (κ1) is 22.7. The Morgan fingerprint density at radius 1 is 1.00 bits per heavy atom. The fraction of sp³-hybridized carbons (Fsp3) is 0.192. The lowest BCUT2D eigenvalue weighted by Crippen LogP contribution is -2.21. The van der Waals surface area contributed by atoms with Gasteiger partial charge in [-0.05, 0) is 50.5 Å². The van der Waals surface area contributed by atoms with Gasteiger partial charge in [0.05, 0.1) is 28.4 Å². The second kappa shape index (κ2) is 9.16. The third-order valence-electron chi connectivity index (χ3n) is 5.92. The Bertz CT molecular complexity index is 1460. The van der Waals surface area contributed by atoms with Crippen molar-refractivity contribution in [1.82, 2.24) is 14.8 Å². The van der Waals surface area contributed by atoms with Crippen LogP contribution in [0.3, 0.4) is 0 Å². The van der Waals surface area contributed by atoms with Crippen molar-refractivity contribution in [2.75, 3.05) is 0 Å². The summed E-state index contributed by atoms with van der Waals surface area (Å²) in [6.45, 7) is 4.34. The van der Waals surface area contributed by atoms with Gasteiger partial charge in [0.2, 0.25) is 5.91 Å². The van der Waals surface area contributed by atoms with Crippen molar-refractivity contribution >= 4 is 22.7 Å². The van der Waals surface area contributed by atoms with Crippen molar-refractivity contribution in [2.45, 2.75) is 33.2 Å². The highest BCUT2D eigenvalue weighted by atomic mass is 16.1. The number of amides is 2. The van der Waals surface area contributed by atoms with Gasteiger partial charge >= 0.3 is 0 Å². The number of hydrogen-bond donors (Lipinski definition) is 2. The van der Waals surface area contributed by atoms with Crippen molar-refractivity contribution in [3.05, 3.63) is 82.3 Å². The average Bonchev–Trinajstić information content (AvgIpc) is 3.10. The predicted molar refractivity (Wildman–Crippen MR) is 129 cm³/mol. The summed E-state index contributed by atoms with van der Waals surface area (Å²) >= 11 is 0. The van der Waals surface area contributed by atoms with Crippen LogP contribution in [-0.2, 0) is 13.0 Å². The lowest BCUT2D eigenvalue weighted by Gasteiger charge is -2.14. The van der Waals surface area contributed by atoms with E-state index in [1.165, 1.54) is 0 Å². The monoisotopic (exact) mass is 452 g/mol. The molecule has 8 nitrogen and oxygen atoms in total. The Kier molecular flexibility index (Phi) is 6.11. The van der Waals surface area contributed by atoms with E-state index < -0.39 is 11.8 Å². The molecular weight excluding hydrogens is 428 g/mol. The van der Waals surface area contributed by atoms with E-state index in [0.717, 1.165) is 24.1 Å². The zero-order chi connectivity index (χ0) is 24.4. The first-order valence-corrected chi connectivity index (χ1v) is 10.9. The van der Waals surface area contributed by atoms with Crippen LogP contribution in [-0.4, -0.2) is 26.6 Å². The van der Waals surface area contributed by atoms with Crippen LogP contribution in [0.5, 0.6) is 0 Å². The molecule has 0 aliphatic rings. The zero-order valence-electron chi connectivity index (χ0n) is 19.0. The number of benzene rings is 2. The number of aromatic nitrogens is 3. The van der Waals surface area contributed by atoms with E-state index in [4.69, 9.17) is 16.7 Å². The van der Waals surface area contributed by atoms with E-state index in [9.17, 15) is 9.59 Å².